The second kappa shape index (κ2) is 18.3. The van der Waals surface area contributed by atoms with Crippen molar-refractivity contribution < 1.29 is 86.7 Å². The number of rotatable bonds is 19. The molecule has 3 heterocycles. The molecule has 0 radical (unpaired) electrons. The van der Waals surface area contributed by atoms with Gasteiger partial charge < -0.3 is 69.2 Å². The van der Waals surface area contributed by atoms with E-state index in [1.54, 1.807) is 0 Å². The third-order valence-electron chi connectivity index (χ3n) is 6.79. The molecule has 1 aromatic rings. The maximum Gasteiger partial charge on any atom is 0.330 e. The molecule has 48 heavy (non-hydrogen) atoms. The van der Waals surface area contributed by atoms with E-state index in [1.807, 2.05) is 4.98 Å². The first-order valence-electron chi connectivity index (χ1n) is 14.3. The number of aliphatic hydroxyl groups excluding tert-OH is 6. The van der Waals surface area contributed by atoms with E-state index in [1.165, 1.54) is 0 Å². The van der Waals surface area contributed by atoms with Crippen molar-refractivity contribution in [3.8, 4) is 0 Å². The van der Waals surface area contributed by atoms with Gasteiger partial charge in [-0.15, -0.1) is 0 Å². The topological polar surface area (TPSA) is 350 Å². The van der Waals surface area contributed by atoms with Crippen molar-refractivity contribution in [3.05, 3.63) is 33.1 Å². The number of aliphatic hydroxyl groups is 6. The fourth-order valence-electron chi connectivity index (χ4n) is 4.42. The van der Waals surface area contributed by atoms with Crippen LogP contribution in [0.4, 0.5) is 0 Å². The molecule has 1 aromatic heterocycles. The average molecular weight is 737 g/mol. The van der Waals surface area contributed by atoms with E-state index in [0.29, 0.717) is 17.6 Å². The molecule has 0 aliphatic carbocycles. The van der Waals surface area contributed by atoms with Crippen LogP contribution in [0, 0.1) is 0 Å². The highest BCUT2D eigenvalue weighted by Crippen LogP contribution is 2.57. The Morgan fingerprint density at radius 3 is 2.25 bits per heavy atom. The highest BCUT2D eigenvalue weighted by atomic mass is 31.3. The van der Waals surface area contributed by atoms with E-state index in [0.717, 1.165) is 12.3 Å². The molecule has 2 fully saturated rings. The first kappa shape index (κ1) is 40.4. The molecule has 2 saturated heterocycles. The van der Waals surface area contributed by atoms with E-state index in [9.17, 15) is 58.8 Å². The number of nitrogens with one attached hydrogen (secondary N) is 2. The Bertz CT molecular complexity index is 1390. The zero-order valence-electron chi connectivity index (χ0n) is 25.0. The van der Waals surface area contributed by atoms with Crippen molar-refractivity contribution in [1.29, 1.82) is 0 Å². The zero-order chi connectivity index (χ0) is 35.6. The van der Waals surface area contributed by atoms with Gasteiger partial charge in [0, 0.05) is 31.9 Å². The molecule has 0 aromatic carbocycles. The van der Waals surface area contributed by atoms with Crippen LogP contribution < -0.4 is 26.4 Å². The number of nitrogens with zero attached hydrogens (tertiary/aromatic N) is 1. The number of amides is 1. The number of aromatic amines is 1. The first-order valence-corrected chi connectivity index (χ1v) is 17.2. The normalized spacial score (nSPS) is 31.6. The van der Waals surface area contributed by atoms with Gasteiger partial charge in [-0.1, -0.05) is 0 Å². The van der Waals surface area contributed by atoms with Gasteiger partial charge in [-0.3, -0.25) is 32.8 Å². The van der Waals surface area contributed by atoms with Crippen molar-refractivity contribution in [2.45, 2.75) is 68.0 Å². The molecule has 8 N–H and O–H groups in total. The fraction of sp³-hybridized carbons (Fsp3) is 0.783. The minimum absolute atomic E-state index is 0.0478. The number of phosphoric ester groups is 2. The molecule has 276 valence electrons. The van der Waals surface area contributed by atoms with Gasteiger partial charge in [-0.05, 0) is 6.42 Å². The summed E-state index contributed by atoms with van der Waals surface area (Å²) >= 11 is 0. The average Bonchev–Trinajstić information content (AvgIpc) is 3.29. The quantitative estimate of drug-likeness (QED) is 0.0483. The Morgan fingerprint density at radius 1 is 0.938 bits per heavy atom. The molecule has 25 heteroatoms. The molecule has 23 nitrogen and oxygen atoms in total. The molecule has 0 saturated carbocycles. The minimum Gasteiger partial charge on any atom is -0.756 e. The van der Waals surface area contributed by atoms with E-state index in [4.69, 9.17) is 24.1 Å². The van der Waals surface area contributed by atoms with E-state index >= 15 is 0 Å². The molecule has 11 atom stereocenters. The molecule has 2 aliphatic rings. The SMILES string of the molecule is O=C(CCOCCOCCCO)NC1[C@@H](OP(=O)([O-])OP(=O)([O-])OCC2OC(n3ccc(=O)[nH]c3=O)C(O)C2O)OC(CO)[C@H](O)[C@@H]1O. The van der Waals surface area contributed by atoms with Crippen molar-refractivity contribution in [2.75, 3.05) is 46.2 Å². The van der Waals surface area contributed by atoms with Gasteiger partial charge in [0.25, 0.3) is 21.2 Å². The lowest BCUT2D eigenvalue weighted by atomic mass is 9.97. The lowest BCUT2D eigenvalue weighted by molar-refractivity contribution is -0.285. The van der Waals surface area contributed by atoms with Crippen molar-refractivity contribution >= 4 is 21.6 Å². The van der Waals surface area contributed by atoms with Gasteiger partial charge in [0.15, 0.2) is 12.5 Å². The van der Waals surface area contributed by atoms with Crippen LogP contribution in [0.25, 0.3) is 0 Å². The van der Waals surface area contributed by atoms with Crippen molar-refractivity contribution in [2.24, 2.45) is 0 Å². The van der Waals surface area contributed by atoms with Crippen LogP contribution in [0.1, 0.15) is 19.1 Å². The highest BCUT2D eigenvalue weighted by Gasteiger charge is 2.48. The Kier molecular flexibility index (Phi) is 15.4. The number of hydrogen-bond acceptors (Lipinski definition) is 20. The smallest absolute Gasteiger partial charge is 0.330 e. The van der Waals surface area contributed by atoms with E-state index < -0.39 is 101 Å². The molecular weight excluding hydrogens is 700 g/mol. The Hall–Kier alpha value is -1.99. The molecule has 2 aliphatic heterocycles. The number of carbonyl (C=O) groups excluding carboxylic acids is 1. The highest BCUT2D eigenvalue weighted by molar-refractivity contribution is 7.59. The number of carbonyl (C=O) groups is 1. The van der Waals surface area contributed by atoms with Crippen LogP contribution in [-0.2, 0) is 46.2 Å². The summed E-state index contributed by atoms with van der Waals surface area (Å²) in [6.07, 6.45) is -13.7. The molecule has 0 spiro atoms. The third kappa shape index (κ3) is 11.5. The molecule has 1 amide bonds. The predicted molar refractivity (Wildman–Crippen MR) is 148 cm³/mol. The fourth-order valence-corrected chi connectivity index (χ4v) is 6.51. The largest absolute Gasteiger partial charge is 0.756 e. The molecule has 3 rings (SSSR count). The summed E-state index contributed by atoms with van der Waals surface area (Å²) in [5.41, 5.74) is -1.81. The van der Waals surface area contributed by atoms with Crippen LogP contribution in [0.3, 0.4) is 0 Å². The number of aromatic nitrogens is 2. The molecule has 8 unspecified atom stereocenters. The predicted octanol–water partition coefficient (Wildman–Crippen LogP) is -6.13. The lowest BCUT2D eigenvalue weighted by Crippen LogP contribution is -2.64. The Morgan fingerprint density at radius 2 is 1.60 bits per heavy atom. The maximum atomic E-state index is 12.6. The van der Waals surface area contributed by atoms with Crippen molar-refractivity contribution in [3.63, 3.8) is 0 Å². The van der Waals surface area contributed by atoms with Crippen LogP contribution in [0.5, 0.6) is 0 Å². The van der Waals surface area contributed by atoms with Crippen LogP contribution in [0.2, 0.25) is 0 Å². The summed E-state index contributed by atoms with van der Waals surface area (Å²) in [6, 6.07) is -0.949. The second-order valence-electron chi connectivity index (χ2n) is 10.3. The van der Waals surface area contributed by atoms with Gasteiger partial charge >= 0.3 is 5.69 Å². The molecular formula is C23H37N3O20P2-2. The second-order valence-corrected chi connectivity index (χ2v) is 13.2. The van der Waals surface area contributed by atoms with Gasteiger partial charge in [0.05, 0.1) is 33.0 Å². The summed E-state index contributed by atoms with van der Waals surface area (Å²) in [5.74, 6) is -0.855. The Labute approximate surface area is 270 Å². The van der Waals surface area contributed by atoms with Crippen molar-refractivity contribution in [1.82, 2.24) is 14.9 Å². The third-order valence-corrected chi connectivity index (χ3v) is 9.32. The summed E-state index contributed by atoms with van der Waals surface area (Å²) in [7, 11) is -11.9. The maximum absolute atomic E-state index is 12.6. The summed E-state index contributed by atoms with van der Waals surface area (Å²) in [4.78, 5) is 62.6. The summed E-state index contributed by atoms with van der Waals surface area (Å²) in [5, 5.41) is 61.6. The van der Waals surface area contributed by atoms with Gasteiger partial charge in [0.1, 0.15) is 42.7 Å². The van der Waals surface area contributed by atoms with E-state index in [-0.39, 0.29) is 32.8 Å². The standard InChI is InChI=1S/C23H39N3O20P2/c27-5-1-6-40-8-9-41-7-3-15(30)24-16-19(33)17(31)12(10-28)44-22(16)45-48(38,39)46-47(36,37)42-11-13-18(32)20(34)21(43-13)26-4-2-14(29)25-23(26)35/h2,4,12-13,16-22,27-28,31-34H,1,3,5-11H2,(H,24,30)(H,36,37)(H,38,39)(H,25,29,35)/p-2/t12?,13?,16?,17-,18?,19+,20?,21?,22+/m0/s1. The molecule has 0 bridgehead atoms. The number of ether oxygens (including phenoxy) is 4. The lowest BCUT2D eigenvalue weighted by Gasteiger charge is -2.44. The minimum atomic E-state index is -6.04. The van der Waals surface area contributed by atoms with E-state index in [2.05, 4.69) is 18.7 Å². The van der Waals surface area contributed by atoms with Gasteiger partial charge in [0.2, 0.25) is 5.91 Å². The number of phosphoric acid groups is 2. The number of H-pyrrole nitrogens is 1. The first-order chi connectivity index (χ1) is 22.6. The monoisotopic (exact) mass is 737 g/mol. The van der Waals surface area contributed by atoms with Crippen LogP contribution in [0.15, 0.2) is 21.9 Å². The zero-order valence-corrected chi connectivity index (χ0v) is 26.7. The van der Waals surface area contributed by atoms with Crippen LogP contribution >= 0.6 is 15.6 Å². The van der Waals surface area contributed by atoms with Crippen LogP contribution in [-0.4, -0.2) is 141 Å². The summed E-state index contributed by atoms with van der Waals surface area (Å²) < 4.78 is 59.5. The summed E-state index contributed by atoms with van der Waals surface area (Å²) in [6.45, 7) is -1.78. The number of hydrogen-bond donors (Lipinski definition) is 8. The van der Waals surface area contributed by atoms with Gasteiger partial charge in [-0.2, -0.15) is 0 Å². The Balaban J connectivity index is 1.58. The van der Waals surface area contributed by atoms with Gasteiger partial charge in [-0.25, -0.2) is 9.11 Å².